The predicted octanol–water partition coefficient (Wildman–Crippen LogP) is 2.70. The summed E-state index contributed by atoms with van der Waals surface area (Å²) in [6.45, 7) is 1.93. The van der Waals surface area contributed by atoms with E-state index in [2.05, 4.69) is 0 Å². The van der Waals surface area contributed by atoms with Crippen LogP contribution in [0, 0.1) is 5.92 Å². The van der Waals surface area contributed by atoms with Crippen molar-refractivity contribution in [2.24, 2.45) is 5.92 Å². The van der Waals surface area contributed by atoms with Crippen molar-refractivity contribution in [2.45, 2.75) is 57.5 Å². The number of furan rings is 1. The van der Waals surface area contributed by atoms with Crippen molar-refractivity contribution in [1.82, 2.24) is 4.90 Å². The van der Waals surface area contributed by atoms with Gasteiger partial charge in [-0.2, -0.15) is 0 Å². The second kappa shape index (κ2) is 5.54. The van der Waals surface area contributed by atoms with Crippen LogP contribution in [0.2, 0.25) is 0 Å². The molecule has 3 unspecified atom stereocenters. The lowest BCUT2D eigenvalue weighted by molar-refractivity contribution is -0.141. The van der Waals surface area contributed by atoms with Gasteiger partial charge in [-0.3, -0.25) is 4.79 Å². The number of nitrogens with zero attached hydrogens (tertiary/aromatic N) is 1. The highest BCUT2D eigenvalue weighted by Crippen LogP contribution is 2.40. The normalized spacial score (nSPS) is 28.4. The minimum atomic E-state index is -0.890. The number of hydrogen-bond acceptors (Lipinski definition) is 3. The van der Waals surface area contributed by atoms with E-state index in [1.54, 1.807) is 11.0 Å². The van der Waals surface area contributed by atoms with Gasteiger partial charge in [0.15, 0.2) is 0 Å². The van der Waals surface area contributed by atoms with E-state index in [4.69, 9.17) is 4.42 Å². The molecule has 1 amide bonds. The number of carboxylic acids is 1. The summed E-state index contributed by atoms with van der Waals surface area (Å²) in [5.74, 6) is -0.0918. The van der Waals surface area contributed by atoms with Gasteiger partial charge in [-0.25, -0.2) is 4.79 Å². The first kappa shape index (κ1) is 14.2. The molecule has 5 heteroatoms. The van der Waals surface area contributed by atoms with Gasteiger partial charge in [0.2, 0.25) is 0 Å². The van der Waals surface area contributed by atoms with Gasteiger partial charge in [0.1, 0.15) is 11.8 Å². The van der Waals surface area contributed by atoms with Crippen molar-refractivity contribution >= 4 is 11.9 Å². The van der Waals surface area contributed by atoms with E-state index in [0.717, 1.165) is 25.7 Å². The Bertz CT molecular complexity index is 550. The van der Waals surface area contributed by atoms with Crippen molar-refractivity contribution in [2.75, 3.05) is 0 Å². The van der Waals surface area contributed by atoms with Crippen LogP contribution in [0.3, 0.4) is 0 Å². The van der Waals surface area contributed by atoms with E-state index in [1.165, 1.54) is 6.26 Å². The Hall–Kier alpha value is -1.78. The van der Waals surface area contributed by atoms with Crippen LogP contribution in [-0.2, 0) is 11.2 Å². The summed E-state index contributed by atoms with van der Waals surface area (Å²) >= 11 is 0. The smallest absolute Gasteiger partial charge is 0.326 e. The maximum atomic E-state index is 12.9. The highest BCUT2D eigenvalue weighted by Gasteiger charge is 2.48. The topological polar surface area (TPSA) is 70.8 Å². The van der Waals surface area contributed by atoms with Crippen molar-refractivity contribution in [3.05, 3.63) is 23.7 Å². The van der Waals surface area contributed by atoms with Crippen LogP contribution in [-0.4, -0.2) is 34.0 Å². The predicted molar refractivity (Wildman–Crippen MR) is 76.0 cm³/mol. The lowest BCUT2D eigenvalue weighted by Gasteiger charge is -2.32. The van der Waals surface area contributed by atoms with E-state index in [0.29, 0.717) is 30.1 Å². The highest BCUT2D eigenvalue weighted by molar-refractivity contribution is 5.98. The molecule has 1 aliphatic heterocycles. The van der Waals surface area contributed by atoms with Gasteiger partial charge < -0.3 is 14.4 Å². The monoisotopic (exact) mass is 291 g/mol. The Labute approximate surface area is 123 Å². The molecule has 1 saturated carbocycles. The fraction of sp³-hybridized carbons (Fsp3) is 0.625. The van der Waals surface area contributed by atoms with Gasteiger partial charge >= 0.3 is 5.97 Å². The molecular weight excluding hydrogens is 270 g/mol. The third kappa shape index (κ3) is 2.34. The molecule has 0 radical (unpaired) electrons. The quantitative estimate of drug-likeness (QED) is 0.929. The number of carbonyl (C=O) groups is 2. The molecule has 0 spiro atoms. The lowest BCUT2D eigenvalue weighted by Crippen LogP contribution is -2.46. The molecular formula is C16H21NO4. The van der Waals surface area contributed by atoms with Crippen LogP contribution in [0.5, 0.6) is 0 Å². The molecule has 114 valence electrons. The molecule has 5 nitrogen and oxygen atoms in total. The third-order valence-electron chi connectivity index (χ3n) is 4.90. The molecule has 1 aliphatic carbocycles. The number of hydrogen-bond donors (Lipinski definition) is 1. The van der Waals surface area contributed by atoms with Crippen LogP contribution >= 0.6 is 0 Å². The summed E-state index contributed by atoms with van der Waals surface area (Å²) in [7, 11) is 0. The van der Waals surface area contributed by atoms with E-state index in [9.17, 15) is 14.7 Å². The molecule has 1 N–H and O–H groups in total. The first-order valence-electron chi connectivity index (χ1n) is 7.75. The van der Waals surface area contributed by atoms with E-state index < -0.39 is 12.0 Å². The number of carboxylic acid groups (broad SMARTS) is 1. The largest absolute Gasteiger partial charge is 0.480 e. The second-order valence-corrected chi connectivity index (χ2v) is 6.03. The molecule has 2 fully saturated rings. The molecule has 1 saturated heterocycles. The molecule has 1 aromatic heterocycles. The number of likely N-dealkylation sites (tertiary alicyclic amines) is 1. The van der Waals surface area contributed by atoms with Gasteiger partial charge in [-0.05, 0) is 31.2 Å². The fourth-order valence-electron chi connectivity index (χ4n) is 3.92. The molecule has 1 aromatic rings. The fourth-order valence-corrected chi connectivity index (χ4v) is 3.92. The molecule has 21 heavy (non-hydrogen) atoms. The third-order valence-corrected chi connectivity index (χ3v) is 4.90. The first-order valence-corrected chi connectivity index (χ1v) is 7.75. The summed E-state index contributed by atoms with van der Waals surface area (Å²) < 4.78 is 5.33. The zero-order chi connectivity index (χ0) is 15.0. The Morgan fingerprint density at radius 2 is 2.14 bits per heavy atom. The minimum Gasteiger partial charge on any atom is -0.480 e. The Balaban J connectivity index is 1.93. The number of aryl methyl sites for hydroxylation is 1. The Morgan fingerprint density at radius 1 is 1.38 bits per heavy atom. The van der Waals surface area contributed by atoms with Crippen LogP contribution in [0.25, 0.3) is 0 Å². The number of carbonyl (C=O) groups excluding carboxylic acids is 1. The zero-order valence-electron chi connectivity index (χ0n) is 12.2. The van der Waals surface area contributed by atoms with Gasteiger partial charge in [0.25, 0.3) is 5.91 Å². The summed E-state index contributed by atoms with van der Waals surface area (Å²) in [5.41, 5.74) is 0.523. The molecule has 3 atom stereocenters. The van der Waals surface area contributed by atoms with Crippen LogP contribution in [0.1, 0.15) is 55.1 Å². The van der Waals surface area contributed by atoms with Crippen molar-refractivity contribution in [3.8, 4) is 0 Å². The first-order chi connectivity index (χ1) is 10.1. The highest BCUT2D eigenvalue weighted by atomic mass is 16.4. The lowest BCUT2D eigenvalue weighted by atomic mass is 9.84. The maximum absolute atomic E-state index is 12.9. The standard InChI is InChI=1S/C16H21NO4/c1-2-14-11(7-8-21-14)15(18)17-12-6-4-3-5-10(12)9-13(17)16(19)20/h7-8,10,12-13H,2-6,9H2,1H3,(H,19,20). The van der Waals surface area contributed by atoms with Crippen LogP contribution in [0.15, 0.2) is 16.7 Å². The summed E-state index contributed by atoms with van der Waals surface area (Å²) in [6.07, 6.45) is 6.89. The molecule has 0 bridgehead atoms. The number of fused-ring (bicyclic) bond motifs is 1. The maximum Gasteiger partial charge on any atom is 0.326 e. The SMILES string of the molecule is CCc1occc1C(=O)N1C(C(=O)O)CC2CCCCC21. The molecule has 0 aromatic carbocycles. The van der Waals surface area contributed by atoms with Gasteiger partial charge in [0.05, 0.1) is 11.8 Å². The van der Waals surface area contributed by atoms with Gasteiger partial charge in [-0.1, -0.05) is 19.8 Å². The average Bonchev–Trinajstić information content (AvgIpc) is 3.10. The van der Waals surface area contributed by atoms with Crippen molar-refractivity contribution < 1.29 is 19.1 Å². The number of rotatable bonds is 3. The summed E-state index contributed by atoms with van der Waals surface area (Å²) in [5, 5.41) is 9.49. The Morgan fingerprint density at radius 3 is 2.86 bits per heavy atom. The molecule has 2 aliphatic rings. The van der Waals surface area contributed by atoms with Gasteiger partial charge in [-0.15, -0.1) is 0 Å². The summed E-state index contributed by atoms with van der Waals surface area (Å²) in [6, 6.07) is 1.05. The minimum absolute atomic E-state index is 0.0759. The molecule has 3 rings (SSSR count). The second-order valence-electron chi connectivity index (χ2n) is 6.03. The van der Waals surface area contributed by atoms with Crippen molar-refractivity contribution in [3.63, 3.8) is 0 Å². The van der Waals surface area contributed by atoms with E-state index in [-0.39, 0.29) is 11.9 Å². The van der Waals surface area contributed by atoms with Gasteiger partial charge in [0, 0.05) is 12.5 Å². The Kier molecular flexibility index (Phi) is 3.74. The average molecular weight is 291 g/mol. The number of aliphatic carboxylic acids is 1. The summed E-state index contributed by atoms with van der Waals surface area (Å²) in [4.78, 5) is 26.0. The molecule has 2 heterocycles. The van der Waals surface area contributed by atoms with E-state index >= 15 is 0 Å². The number of amides is 1. The van der Waals surface area contributed by atoms with Crippen LogP contribution < -0.4 is 0 Å². The zero-order valence-corrected chi connectivity index (χ0v) is 12.2. The van der Waals surface area contributed by atoms with E-state index in [1.807, 2.05) is 6.92 Å². The van der Waals surface area contributed by atoms with Crippen LogP contribution in [0.4, 0.5) is 0 Å². The van der Waals surface area contributed by atoms with Crippen molar-refractivity contribution in [1.29, 1.82) is 0 Å².